The van der Waals surface area contributed by atoms with Gasteiger partial charge in [-0.05, 0) is 31.2 Å². The van der Waals surface area contributed by atoms with Crippen LogP contribution in [0.4, 0.5) is 0 Å². The number of nitrogens with one attached hydrogen (secondary N) is 1. The van der Waals surface area contributed by atoms with Crippen molar-refractivity contribution in [3.8, 4) is 5.75 Å². The molecule has 1 aromatic heterocycles. The Labute approximate surface area is 113 Å². The molecule has 0 radical (unpaired) electrons. The number of ether oxygens (including phenoxy) is 1. The Morgan fingerprint density at radius 3 is 3.11 bits per heavy atom. The van der Waals surface area contributed by atoms with Crippen LogP contribution in [0.5, 0.6) is 5.75 Å². The van der Waals surface area contributed by atoms with Crippen molar-refractivity contribution in [2.24, 2.45) is 0 Å². The number of nitrogens with zero attached hydrogens (tertiary/aromatic N) is 2. The van der Waals surface area contributed by atoms with Crippen molar-refractivity contribution in [1.29, 1.82) is 0 Å². The van der Waals surface area contributed by atoms with Crippen LogP contribution in [0.2, 0.25) is 0 Å². The molecule has 0 amide bonds. The Morgan fingerprint density at radius 1 is 1.42 bits per heavy atom. The van der Waals surface area contributed by atoms with Crippen LogP contribution in [0.1, 0.15) is 23.9 Å². The quantitative estimate of drug-likeness (QED) is 0.914. The monoisotopic (exact) mass is 257 g/mol. The molecule has 4 heteroatoms. The second-order valence-electron chi connectivity index (χ2n) is 5.28. The average Bonchev–Trinajstić information content (AvgIpc) is 2.96. The van der Waals surface area contributed by atoms with Crippen LogP contribution in [0.25, 0.3) is 0 Å². The number of imidazole rings is 1. The third-order valence-corrected chi connectivity index (χ3v) is 3.39. The zero-order valence-electron chi connectivity index (χ0n) is 11.4. The van der Waals surface area contributed by atoms with E-state index >= 15 is 0 Å². The third-order valence-electron chi connectivity index (χ3n) is 3.39. The fourth-order valence-corrected chi connectivity index (χ4v) is 2.58. The summed E-state index contributed by atoms with van der Waals surface area (Å²) in [6, 6.07) is 6.50. The lowest BCUT2D eigenvalue weighted by Crippen LogP contribution is -2.18. The SMILES string of the molecule is C[C@@H]1Cc2cc(CN(C)Cc3ncc[nH]3)ccc2O1. The van der Waals surface area contributed by atoms with Gasteiger partial charge in [0.1, 0.15) is 17.7 Å². The van der Waals surface area contributed by atoms with Crippen LogP contribution in [-0.2, 0) is 19.5 Å². The molecular weight excluding hydrogens is 238 g/mol. The average molecular weight is 257 g/mol. The van der Waals surface area contributed by atoms with Gasteiger partial charge in [-0.25, -0.2) is 4.98 Å². The number of rotatable bonds is 4. The highest BCUT2D eigenvalue weighted by Crippen LogP contribution is 2.29. The summed E-state index contributed by atoms with van der Waals surface area (Å²) in [6.07, 6.45) is 4.98. The van der Waals surface area contributed by atoms with Crippen molar-refractivity contribution in [2.75, 3.05) is 7.05 Å². The number of fused-ring (bicyclic) bond motifs is 1. The number of hydrogen-bond acceptors (Lipinski definition) is 3. The minimum absolute atomic E-state index is 0.311. The standard InChI is InChI=1S/C15H19N3O/c1-11-7-13-8-12(3-4-14(13)19-11)9-18(2)10-15-16-5-6-17-15/h3-6,8,11H,7,9-10H2,1-2H3,(H,16,17)/t11-/m1/s1. The summed E-state index contributed by atoms with van der Waals surface area (Å²) in [5.74, 6) is 2.05. The minimum Gasteiger partial charge on any atom is -0.490 e. The normalized spacial score (nSPS) is 17.5. The Hall–Kier alpha value is -1.81. The van der Waals surface area contributed by atoms with E-state index in [0.29, 0.717) is 6.10 Å². The van der Waals surface area contributed by atoms with Gasteiger partial charge in [-0.15, -0.1) is 0 Å². The van der Waals surface area contributed by atoms with Crippen molar-refractivity contribution >= 4 is 0 Å². The van der Waals surface area contributed by atoms with E-state index in [0.717, 1.165) is 31.1 Å². The van der Waals surface area contributed by atoms with E-state index in [2.05, 4.69) is 47.0 Å². The Kier molecular flexibility index (Phi) is 3.25. The molecule has 1 aliphatic rings. The highest BCUT2D eigenvalue weighted by molar-refractivity contribution is 5.40. The predicted molar refractivity (Wildman–Crippen MR) is 74.0 cm³/mol. The summed E-state index contributed by atoms with van der Waals surface area (Å²) >= 11 is 0. The van der Waals surface area contributed by atoms with E-state index in [1.807, 2.05) is 6.20 Å². The molecule has 0 saturated carbocycles. The van der Waals surface area contributed by atoms with Crippen LogP contribution in [0.3, 0.4) is 0 Å². The summed E-state index contributed by atoms with van der Waals surface area (Å²) in [5.41, 5.74) is 2.65. The Bertz CT molecular complexity index is 551. The van der Waals surface area contributed by atoms with Gasteiger partial charge < -0.3 is 9.72 Å². The molecule has 4 nitrogen and oxygen atoms in total. The number of benzene rings is 1. The van der Waals surface area contributed by atoms with Crippen LogP contribution >= 0.6 is 0 Å². The first-order valence-electron chi connectivity index (χ1n) is 6.66. The maximum atomic E-state index is 5.72. The van der Waals surface area contributed by atoms with Crippen molar-refractivity contribution in [2.45, 2.75) is 32.5 Å². The zero-order chi connectivity index (χ0) is 13.2. The minimum atomic E-state index is 0.311. The lowest BCUT2D eigenvalue weighted by atomic mass is 10.1. The predicted octanol–water partition coefficient (Wildman–Crippen LogP) is 2.37. The topological polar surface area (TPSA) is 41.2 Å². The van der Waals surface area contributed by atoms with Crippen LogP contribution in [0, 0.1) is 0 Å². The van der Waals surface area contributed by atoms with Gasteiger partial charge in [-0.3, -0.25) is 4.90 Å². The third kappa shape index (κ3) is 2.79. The smallest absolute Gasteiger partial charge is 0.123 e. The van der Waals surface area contributed by atoms with E-state index in [-0.39, 0.29) is 0 Å². The molecule has 1 aromatic carbocycles. The van der Waals surface area contributed by atoms with Gasteiger partial charge in [0.15, 0.2) is 0 Å². The Balaban J connectivity index is 1.65. The molecule has 3 rings (SSSR count). The highest BCUT2D eigenvalue weighted by atomic mass is 16.5. The van der Waals surface area contributed by atoms with E-state index in [4.69, 9.17) is 4.74 Å². The summed E-state index contributed by atoms with van der Waals surface area (Å²) in [4.78, 5) is 9.63. The molecule has 1 N–H and O–H groups in total. The molecule has 19 heavy (non-hydrogen) atoms. The lowest BCUT2D eigenvalue weighted by Gasteiger charge is -2.15. The van der Waals surface area contributed by atoms with Gasteiger partial charge in [-0.1, -0.05) is 12.1 Å². The van der Waals surface area contributed by atoms with Crippen molar-refractivity contribution in [3.05, 3.63) is 47.5 Å². The molecule has 0 aliphatic carbocycles. The molecule has 0 saturated heterocycles. The first kappa shape index (κ1) is 12.2. The second kappa shape index (κ2) is 5.05. The van der Waals surface area contributed by atoms with E-state index in [1.54, 1.807) is 6.20 Å². The first-order chi connectivity index (χ1) is 9.20. The summed E-state index contributed by atoms with van der Waals surface area (Å²) in [7, 11) is 2.11. The van der Waals surface area contributed by atoms with Gasteiger partial charge >= 0.3 is 0 Å². The van der Waals surface area contributed by atoms with Gasteiger partial charge in [0.05, 0.1) is 6.54 Å². The molecule has 0 unspecified atom stereocenters. The molecule has 1 atom stereocenters. The van der Waals surface area contributed by atoms with Crippen LogP contribution < -0.4 is 4.74 Å². The number of H-pyrrole nitrogens is 1. The summed E-state index contributed by atoms with van der Waals surface area (Å²) in [6.45, 7) is 3.86. The number of hydrogen-bond donors (Lipinski definition) is 1. The lowest BCUT2D eigenvalue weighted by molar-refractivity contribution is 0.254. The molecule has 0 bridgehead atoms. The van der Waals surface area contributed by atoms with Crippen molar-refractivity contribution in [1.82, 2.24) is 14.9 Å². The number of aromatic nitrogens is 2. The van der Waals surface area contributed by atoms with Gasteiger partial charge in [0.25, 0.3) is 0 Å². The van der Waals surface area contributed by atoms with E-state index < -0.39 is 0 Å². The summed E-state index contributed by atoms with van der Waals surface area (Å²) in [5, 5.41) is 0. The van der Waals surface area contributed by atoms with Gasteiger partial charge in [0.2, 0.25) is 0 Å². The zero-order valence-corrected chi connectivity index (χ0v) is 11.4. The maximum Gasteiger partial charge on any atom is 0.123 e. The molecule has 2 heterocycles. The largest absolute Gasteiger partial charge is 0.490 e. The molecule has 0 fully saturated rings. The fraction of sp³-hybridized carbons (Fsp3) is 0.400. The maximum absolute atomic E-state index is 5.72. The van der Waals surface area contributed by atoms with Gasteiger partial charge in [0, 0.05) is 25.4 Å². The second-order valence-corrected chi connectivity index (χ2v) is 5.28. The molecule has 2 aromatic rings. The van der Waals surface area contributed by atoms with Gasteiger partial charge in [-0.2, -0.15) is 0 Å². The molecule has 1 aliphatic heterocycles. The van der Waals surface area contributed by atoms with E-state index in [9.17, 15) is 0 Å². The molecular formula is C15H19N3O. The Morgan fingerprint density at radius 2 is 2.32 bits per heavy atom. The first-order valence-corrected chi connectivity index (χ1v) is 6.66. The number of aromatic amines is 1. The van der Waals surface area contributed by atoms with Crippen LogP contribution in [-0.4, -0.2) is 28.0 Å². The van der Waals surface area contributed by atoms with Crippen molar-refractivity contribution in [3.63, 3.8) is 0 Å². The van der Waals surface area contributed by atoms with Crippen molar-refractivity contribution < 1.29 is 4.74 Å². The van der Waals surface area contributed by atoms with E-state index in [1.165, 1.54) is 11.1 Å². The summed E-state index contributed by atoms with van der Waals surface area (Å²) < 4.78 is 5.72. The molecule has 100 valence electrons. The highest BCUT2D eigenvalue weighted by Gasteiger charge is 2.19. The fourth-order valence-electron chi connectivity index (χ4n) is 2.58. The van der Waals surface area contributed by atoms with Crippen LogP contribution in [0.15, 0.2) is 30.6 Å². The molecule has 0 spiro atoms.